The highest BCUT2D eigenvalue weighted by molar-refractivity contribution is 5.67. The summed E-state index contributed by atoms with van der Waals surface area (Å²) in [6.07, 6.45) is 4.32. The summed E-state index contributed by atoms with van der Waals surface area (Å²) < 4.78 is 1.81. The maximum atomic E-state index is 12.6. The van der Waals surface area contributed by atoms with E-state index in [4.69, 9.17) is 5.11 Å². The third-order valence-electron chi connectivity index (χ3n) is 6.09. The smallest absolute Gasteiger partial charge is 0.303 e. The highest BCUT2D eigenvalue weighted by atomic mass is 16.4. The van der Waals surface area contributed by atoms with E-state index < -0.39 is 5.97 Å². The average molecular weight is 452 g/mol. The van der Waals surface area contributed by atoms with Gasteiger partial charge in [0.05, 0.1) is 0 Å². The Morgan fingerprint density at radius 3 is 1.97 bits per heavy atom. The minimum Gasteiger partial charge on any atom is -0.481 e. The summed E-state index contributed by atoms with van der Waals surface area (Å²) in [6, 6.07) is 32.4. The van der Waals surface area contributed by atoms with Crippen LogP contribution in [0.4, 0.5) is 0 Å². The first kappa shape index (κ1) is 23.2. The molecular weight excluding hydrogens is 422 g/mol. The second-order valence-electron chi connectivity index (χ2n) is 8.57. The highest BCUT2D eigenvalue weighted by Crippen LogP contribution is 2.31. The van der Waals surface area contributed by atoms with Crippen molar-refractivity contribution in [3.63, 3.8) is 0 Å². The Morgan fingerprint density at radius 1 is 0.735 bits per heavy atom. The van der Waals surface area contributed by atoms with Crippen LogP contribution in [0.5, 0.6) is 0 Å². The van der Waals surface area contributed by atoms with Crippen LogP contribution in [-0.4, -0.2) is 15.6 Å². The van der Waals surface area contributed by atoms with Crippen LogP contribution in [0.25, 0.3) is 0 Å². The number of benzene rings is 3. The molecule has 0 saturated carbocycles. The summed E-state index contributed by atoms with van der Waals surface area (Å²) in [5, 5.41) is 8.91. The minimum absolute atomic E-state index is 0.00108. The molecule has 4 aromatic rings. The van der Waals surface area contributed by atoms with Gasteiger partial charge in [0.1, 0.15) is 0 Å². The van der Waals surface area contributed by atoms with E-state index in [9.17, 15) is 9.59 Å². The van der Waals surface area contributed by atoms with Crippen LogP contribution >= 0.6 is 0 Å². The number of carboxylic acids is 1. The number of carboxylic acid groups (broad SMARTS) is 1. The van der Waals surface area contributed by atoms with E-state index >= 15 is 0 Å². The predicted molar refractivity (Wildman–Crippen MR) is 135 cm³/mol. The number of rotatable bonds is 10. The van der Waals surface area contributed by atoms with Gasteiger partial charge in [0.15, 0.2) is 0 Å². The summed E-state index contributed by atoms with van der Waals surface area (Å²) in [7, 11) is 0. The first-order valence-electron chi connectivity index (χ1n) is 11.7. The lowest BCUT2D eigenvalue weighted by atomic mass is 9.86. The molecule has 0 fully saturated rings. The first-order chi connectivity index (χ1) is 16.6. The molecule has 0 aliphatic heterocycles. The van der Waals surface area contributed by atoms with E-state index in [1.807, 2.05) is 65.4 Å². The number of pyridine rings is 1. The van der Waals surface area contributed by atoms with Crippen molar-refractivity contribution in [3.8, 4) is 0 Å². The molecule has 0 spiro atoms. The molecule has 1 aromatic heterocycles. The van der Waals surface area contributed by atoms with Gasteiger partial charge in [-0.05, 0) is 47.1 Å². The molecule has 0 amide bonds. The third-order valence-corrected chi connectivity index (χ3v) is 6.09. The van der Waals surface area contributed by atoms with Crippen LogP contribution in [0.3, 0.4) is 0 Å². The predicted octanol–water partition coefficient (Wildman–Crippen LogP) is 5.68. The molecule has 3 aromatic carbocycles. The van der Waals surface area contributed by atoms with Gasteiger partial charge in [-0.2, -0.15) is 0 Å². The van der Waals surface area contributed by atoms with E-state index in [0.717, 1.165) is 24.0 Å². The van der Waals surface area contributed by atoms with E-state index in [1.165, 1.54) is 16.7 Å². The van der Waals surface area contributed by atoms with Gasteiger partial charge in [-0.15, -0.1) is 0 Å². The Labute approximate surface area is 200 Å². The van der Waals surface area contributed by atoms with Gasteiger partial charge < -0.3 is 9.67 Å². The molecule has 4 rings (SSSR count). The average Bonchev–Trinajstić information content (AvgIpc) is 2.86. The third kappa shape index (κ3) is 6.10. The summed E-state index contributed by atoms with van der Waals surface area (Å²) in [5.41, 5.74) is 5.67. The SMILES string of the molecule is O=C(O)CCc1cccc(CCCn2cc(C(c3ccccc3)c3ccccc3)ccc2=O)c1. The Bertz CT molecular complexity index is 1240. The first-order valence-corrected chi connectivity index (χ1v) is 11.7. The lowest BCUT2D eigenvalue weighted by Gasteiger charge is -2.20. The van der Waals surface area contributed by atoms with Crippen LogP contribution in [0.1, 0.15) is 46.6 Å². The maximum Gasteiger partial charge on any atom is 0.303 e. The van der Waals surface area contributed by atoms with Crippen LogP contribution in [-0.2, 0) is 24.2 Å². The Balaban J connectivity index is 1.51. The van der Waals surface area contributed by atoms with Crippen LogP contribution in [0.15, 0.2) is 108 Å². The molecule has 0 aliphatic carbocycles. The lowest BCUT2D eigenvalue weighted by Crippen LogP contribution is -2.20. The molecule has 1 heterocycles. The molecule has 1 N–H and O–H groups in total. The molecule has 0 radical (unpaired) electrons. The van der Waals surface area contributed by atoms with Gasteiger partial charge in [0.2, 0.25) is 0 Å². The molecule has 4 nitrogen and oxygen atoms in total. The summed E-state index contributed by atoms with van der Waals surface area (Å²) in [6.45, 7) is 0.627. The Kier molecular flexibility index (Phi) is 7.71. The topological polar surface area (TPSA) is 59.3 Å². The van der Waals surface area contributed by atoms with Crippen molar-refractivity contribution >= 4 is 5.97 Å². The number of hydrogen-bond acceptors (Lipinski definition) is 2. The van der Waals surface area contributed by atoms with Gasteiger partial charge in [-0.3, -0.25) is 9.59 Å². The van der Waals surface area contributed by atoms with Gasteiger partial charge in [0.25, 0.3) is 5.56 Å². The zero-order valence-electron chi connectivity index (χ0n) is 19.1. The zero-order chi connectivity index (χ0) is 23.8. The van der Waals surface area contributed by atoms with Gasteiger partial charge in [-0.25, -0.2) is 0 Å². The van der Waals surface area contributed by atoms with Crippen LogP contribution in [0, 0.1) is 0 Å². The molecule has 0 aliphatic rings. The number of hydrogen-bond donors (Lipinski definition) is 1. The fourth-order valence-electron chi connectivity index (χ4n) is 4.41. The fourth-order valence-corrected chi connectivity index (χ4v) is 4.41. The zero-order valence-corrected chi connectivity index (χ0v) is 19.1. The van der Waals surface area contributed by atoms with E-state index in [-0.39, 0.29) is 17.9 Å². The highest BCUT2D eigenvalue weighted by Gasteiger charge is 2.17. The van der Waals surface area contributed by atoms with Crippen molar-refractivity contribution in [2.24, 2.45) is 0 Å². The summed E-state index contributed by atoms with van der Waals surface area (Å²) >= 11 is 0. The van der Waals surface area contributed by atoms with Gasteiger partial charge in [-0.1, -0.05) is 91.0 Å². The van der Waals surface area contributed by atoms with Crippen molar-refractivity contribution in [2.75, 3.05) is 0 Å². The Hall–Kier alpha value is -3.92. The molecule has 34 heavy (non-hydrogen) atoms. The summed E-state index contributed by atoms with van der Waals surface area (Å²) in [4.78, 5) is 23.5. The van der Waals surface area contributed by atoms with Crippen molar-refractivity contribution < 1.29 is 9.90 Å². The molecule has 0 bridgehead atoms. The van der Waals surface area contributed by atoms with Crippen LogP contribution < -0.4 is 5.56 Å². The number of aliphatic carboxylic acids is 1. The largest absolute Gasteiger partial charge is 0.481 e. The lowest BCUT2D eigenvalue weighted by molar-refractivity contribution is -0.136. The Morgan fingerprint density at radius 2 is 1.35 bits per heavy atom. The van der Waals surface area contributed by atoms with E-state index in [1.54, 1.807) is 6.07 Å². The maximum absolute atomic E-state index is 12.6. The van der Waals surface area contributed by atoms with Crippen molar-refractivity contribution in [2.45, 2.75) is 38.1 Å². The number of carbonyl (C=O) groups is 1. The summed E-state index contributed by atoms with van der Waals surface area (Å²) in [5.74, 6) is -0.728. The second kappa shape index (κ2) is 11.3. The van der Waals surface area contributed by atoms with Crippen molar-refractivity contribution in [1.82, 2.24) is 4.57 Å². The fraction of sp³-hybridized carbons (Fsp3) is 0.200. The van der Waals surface area contributed by atoms with Crippen molar-refractivity contribution in [3.05, 3.63) is 141 Å². The van der Waals surface area contributed by atoms with Gasteiger partial charge in [0, 0.05) is 31.1 Å². The molecule has 4 heteroatoms. The number of nitrogens with zero attached hydrogens (tertiary/aromatic N) is 1. The standard InChI is InChI=1S/C30H29NO3/c32-28-18-17-27(30(25-12-3-1-4-13-25)26-14-5-2-6-15-26)22-31(28)20-8-11-23-9-7-10-24(21-23)16-19-29(33)34/h1-7,9-10,12-15,17-18,21-22,30H,8,11,16,19-20H2,(H,33,34). The van der Waals surface area contributed by atoms with Gasteiger partial charge >= 0.3 is 5.97 Å². The molecule has 0 saturated heterocycles. The molecular formula is C30H29NO3. The molecule has 0 unspecified atom stereocenters. The normalized spacial score (nSPS) is 11.0. The van der Waals surface area contributed by atoms with Crippen molar-refractivity contribution in [1.29, 1.82) is 0 Å². The number of aryl methyl sites for hydroxylation is 3. The number of aromatic nitrogens is 1. The van der Waals surface area contributed by atoms with E-state index in [2.05, 4.69) is 36.4 Å². The monoisotopic (exact) mass is 451 g/mol. The quantitative estimate of drug-likeness (QED) is 0.338. The molecule has 0 atom stereocenters. The van der Waals surface area contributed by atoms with Crippen LogP contribution in [0.2, 0.25) is 0 Å². The minimum atomic E-state index is -0.783. The second-order valence-corrected chi connectivity index (χ2v) is 8.57. The molecule has 172 valence electrons. The van der Waals surface area contributed by atoms with E-state index in [0.29, 0.717) is 13.0 Å².